The molecule has 8 heteroatoms. The van der Waals surface area contributed by atoms with E-state index in [9.17, 15) is 19.7 Å². The minimum atomic E-state index is -0.720. The highest BCUT2D eigenvalue weighted by atomic mass is 16.6. The molecule has 22 heavy (non-hydrogen) atoms. The molecule has 1 heterocycles. The SMILES string of the molecule is COC(=O)C1=C(C)NC(=O)N[C@@H]1c1ccc([N+](=O)[O-])cc1C. The molecule has 0 spiro atoms. The summed E-state index contributed by atoms with van der Waals surface area (Å²) in [4.78, 5) is 34.0. The number of non-ortho nitro benzene ring substituents is 1. The number of hydrogen-bond acceptors (Lipinski definition) is 5. The van der Waals surface area contributed by atoms with Crippen LogP contribution in [-0.4, -0.2) is 24.0 Å². The molecule has 2 N–H and O–H groups in total. The van der Waals surface area contributed by atoms with Crippen molar-refractivity contribution >= 4 is 17.7 Å². The number of carbonyl (C=O) groups is 2. The zero-order valence-electron chi connectivity index (χ0n) is 12.3. The Labute approximate surface area is 126 Å². The van der Waals surface area contributed by atoms with Gasteiger partial charge in [-0.25, -0.2) is 9.59 Å². The summed E-state index contributed by atoms with van der Waals surface area (Å²) < 4.78 is 4.75. The molecule has 1 aromatic carbocycles. The lowest BCUT2D eigenvalue weighted by molar-refractivity contribution is -0.384. The van der Waals surface area contributed by atoms with Crippen molar-refractivity contribution in [2.75, 3.05) is 7.11 Å². The quantitative estimate of drug-likeness (QED) is 0.501. The molecule has 0 fully saturated rings. The van der Waals surface area contributed by atoms with Crippen LogP contribution in [0.15, 0.2) is 29.5 Å². The molecular weight excluding hydrogens is 290 g/mol. The third kappa shape index (κ3) is 2.76. The van der Waals surface area contributed by atoms with Gasteiger partial charge in [-0.15, -0.1) is 0 Å². The highest BCUT2D eigenvalue weighted by Gasteiger charge is 2.32. The second kappa shape index (κ2) is 5.84. The Kier molecular flexibility index (Phi) is 4.11. The number of rotatable bonds is 3. The second-order valence-electron chi connectivity index (χ2n) is 4.86. The van der Waals surface area contributed by atoms with Gasteiger partial charge >= 0.3 is 12.0 Å². The van der Waals surface area contributed by atoms with Gasteiger partial charge in [-0.1, -0.05) is 0 Å². The van der Waals surface area contributed by atoms with E-state index in [-0.39, 0.29) is 11.3 Å². The van der Waals surface area contributed by atoms with Crippen molar-refractivity contribution in [2.45, 2.75) is 19.9 Å². The summed E-state index contributed by atoms with van der Waals surface area (Å²) in [5.41, 5.74) is 1.79. The first-order valence-corrected chi connectivity index (χ1v) is 6.46. The van der Waals surface area contributed by atoms with Gasteiger partial charge in [-0.3, -0.25) is 10.1 Å². The molecule has 2 rings (SSSR count). The van der Waals surface area contributed by atoms with Gasteiger partial charge in [0, 0.05) is 17.8 Å². The molecule has 2 amide bonds. The number of urea groups is 1. The summed E-state index contributed by atoms with van der Waals surface area (Å²) in [5.74, 6) is -0.576. The van der Waals surface area contributed by atoms with Crippen LogP contribution in [0.3, 0.4) is 0 Å². The summed E-state index contributed by atoms with van der Waals surface area (Å²) in [5, 5.41) is 16.0. The number of allylic oxidation sites excluding steroid dienone is 1. The predicted octanol–water partition coefficient (Wildman–Crippen LogP) is 1.70. The van der Waals surface area contributed by atoms with E-state index >= 15 is 0 Å². The minimum Gasteiger partial charge on any atom is -0.466 e. The fourth-order valence-electron chi connectivity index (χ4n) is 2.40. The Morgan fingerprint density at radius 2 is 2.05 bits per heavy atom. The molecule has 1 aliphatic heterocycles. The lowest BCUT2D eigenvalue weighted by atomic mass is 9.92. The van der Waals surface area contributed by atoms with Crippen LogP contribution < -0.4 is 10.6 Å². The van der Waals surface area contributed by atoms with Crippen LogP contribution in [0.2, 0.25) is 0 Å². The number of nitro benzene ring substituents is 1. The number of esters is 1. The van der Waals surface area contributed by atoms with E-state index in [1.807, 2.05) is 0 Å². The first kappa shape index (κ1) is 15.5. The summed E-state index contributed by atoms with van der Waals surface area (Å²) in [7, 11) is 1.25. The van der Waals surface area contributed by atoms with Gasteiger partial charge in [0.2, 0.25) is 0 Å². The molecule has 0 radical (unpaired) electrons. The number of nitro groups is 1. The Hall–Kier alpha value is -2.90. The summed E-state index contributed by atoms with van der Waals surface area (Å²) in [6.45, 7) is 3.28. The number of ether oxygens (including phenoxy) is 1. The molecule has 1 aromatic rings. The van der Waals surface area contributed by atoms with Crippen molar-refractivity contribution < 1.29 is 19.2 Å². The van der Waals surface area contributed by atoms with E-state index in [2.05, 4.69) is 10.6 Å². The van der Waals surface area contributed by atoms with Crippen LogP contribution in [-0.2, 0) is 9.53 Å². The molecule has 0 saturated heterocycles. The Bertz CT molecular complexity index is 696. The molecule has 0 unspecified atom stereocenters. The van der Waals surface area contributed by atoms with Gasteiger partial charge in [0.15, 0.2) is 0 Å². The standard InChI is InChI=1S/C14H15N3O5/c1-7-6-9(17(20)21)4-5-10(7)12-11(13(18)22-3)8(2)15-14(19)16-12/h4-6,12H,1-3H3,(H2,15,16,19)/t12-/m1/s1. The first-order chi connectivity index (χ1) is 10.3. The number of hydrogen-bond donors (Lipinski definition) is 2. The molecule has 1 atom stereocenters. The van der Waals surface area contributed by atoms with E-state index in [0.29, 0.717) is 16.8 Å². The number of benzene rings is 1. The molecule has 0 aliphatic carbocycles. The monoisotopic (exact) mass is 305 g/mol. The van der Waals surface area contributed by atoms with Gasteiger partial charge in [0.05, 0.1) is 23.6 Å². The van der Waals surface area contributed by atoms with Crippen LogP contribution in [0.25, 0.3) is 0 Å². The second-order valence-corrected chi connectivity index (χ2v) is 4.86. The molecule has 116 valence electrons. The maximum absolute atomic E-state index is 12.0. The number of amides is 2. The van der Waals surface area contributed by atoms with Gasteiger partial charge in [0.1, 0.15) is 0 Å². The zero-order valence-corrected chi connectivity index (χ0v) is 12.3. The predicted molar refractivity (Wildman–Crippen MR) is 77.0 cm³/mol. The maximum Gasteiger partial charge on any atom is 0.337 e. The van der Waals surface area contributed by atoms with E-state index in [1.165, 1.54) is 25.3 Å². The fourth-order valence-corrected chi connectivity index (χ4v) is 2.40. The van der Waals surface area contributed by atoms with Gasteiger partial charge in [0.25, 0.3) is 5.69 Å². The molecule has 1 aliphatic rings. The third-order valence-corrected chi connectivity index (χ3v) is 3.45. The van der Waals surface area contributed by atoms with Crippen molar-refractivity contribution in [2.24, 2.45) is 0 Å². The largest absolute Gasteiger partial charge is 0.466 e. The molecule has 0 aromatic heterocycles. The van der Waals surface area contributed by atoms with E-state index < -0.39 is 23.0 Å². The van der Waals surface area contributed by atoms with Gasteiger partial charge in [-0.05, 0) is 31.0 Å². The number of methoxy groups -OCH3 is 1. The maximum atomic E-state index is 12.0. The van der Waals surface area contributed by atoms with Crippen molar-refractivity contribution in [3.8, 4) is 0 Å². The Morgan fingerprint density at radius 1 is 1.36 bits per heavy atom. The van der Waals surface area contributed by atoms with Crippen LogP contribution >= 0.6 is 0 Å². The summed E-state index contributed by atoms with van der Waals surface area (Å²) in [6, 6.07) is 3.09. The average molecular weight is 305 g/mol. The lowest BCUT2D eigenvalue weighted by Gasteiger charge is -2.28. The van der Waals surface area contributed by atoms with Crippen LogP contribution in [0.1, 0.15) is 24.1 Å². The highest BCUT2D eigenvalue weighted by molar-refractivity contribution is 5.95. The van der Waals surface area contributed by atoms with Crippen LogP contribution in [0.5, 0.6) is 0 Å². The minimum absolute atomic E-state index is 0.0539. The summed E-state index contributed by atoms with van der Waals surface area (Å²) >= 11 is 0. The van der Waals surface area contributed by atoms with Crippen LogP contribution in [0, 0.1) is 17.0 Å². The van der Waals surface area contributed by atoms with Crippen molar-refractivity contribution in [1.29, 1.82) is 0 Å². The number of nitrogens with one attached hydrogen (secondary N) is 2. The van der Waals surface area contributed by atoms with Gasteiger partial charge in [-0.2, -0.15) is 0 Å². The molecule has 0 saturated carbocycles. The smallest absolute Gasteiger partial charge is 0.337 e. The lowest BCUT2D eigenvalue weighted by Crippen LogP contribution is -2.45. The summed E-state index contributed by atoms with van der Waals surface area (Å²) in [6.07, 6.45) is 0. The topological polar surface area (TPSA) is 111 Å². The van der Waals surface area contributed by atoms with Crippen molar-refractivity contribution in [3.63, 3.8) is 0 Å². The molecule has 8 nitrogen and oxygen atoms in total. The molecule has 0 bridgehead atoms. The third-order valence-electron chi connectivity index (χ3n) is 3.45. The van der Waals surface area contributed by atoms with E-state index in [1.54, 1.807) is 13.8 Å². The fraction of sp³-hybridized carbons (Fsp3) is 0.286. The van der Waals surface area contributed by atoms with Crippen molar-refractivity contribution in [3.05, 3.63) is 50.7 Å². The average Bonchev–Trinajstić information content (AvgIpc) is 2.45. The van der Waals surface area contributed by atoms with Crippen molar-refractivity contribution in [1.82, 2.24) is 10.6 Å². The highest BCUT2D eigenvalue weighted by Crippen LogP contribution is 2.31. The van der Waals surface area contributed by atoms with E-state index in [4.69, 9.17) is 4.74 Å². The van der Waals surface area contributed by atoms with E-state index in [0.717, 1.165) is 0 Å². The first-order valence-electron chi connectivity index (χ1n) is 6.46. The number of aryl methyl sites for hydroxylation is 1. The molecular formula is C14H15N3O5. The normalized spacial score (nSPS) is 17.6. The number of carbonyl (C=O) groups excluding carboxylic acids is 2. The van der Waals surface area contributed by atoms with Crippen LogP contribution in [0.4, 0.5) is 10.5 Å². The Morgan fingerprint density at radius 3 is 2.59 bits per heavy atom. The zero-order chi connectivity index (χ0) is 16.4. The Balaban J connectivity index is 2.53. The number of nitrogens with zero attached hydrogens (tertiary/aromatic N) is 1. The van der Waals surface area contributed by atoms with Gasteiger partial charge < -0.3 is 15.4 Å².